The van der Waals surface area contributed by atoms with Gasteiger partial charge in [0.25, 0.3) is 0 Å². The molecule has 0 spiro atoms. The fraction of sp³-hybridized carbons (Fsp3) is 0.462. The van der Waals surface area contributed by atoms with Crippen LogP contribution in [0.4, 0.5) is 0 Å². The summed E-state index contributed by atoms with van der Waals surface area (Å²) in [4.78, 5) is 0. The minimum Gasteiger partial charge on any atom is -0.493 e. The first kappa shape index (κ1) is 11.9. The Morgan fingerprint density at radius 2 is 2.18 bits per heavy atom. The highest BCUT2D eigenvalue weighted by atomic mass is 16.5. The van der Waals surface area contributed by atoms with Gasteiger partial charge in [0.1, 0.15) is 5.75 Å². The second-order valence-corrected chi connectivity index (χ2v) is 4.39. The minimum absolute atomic E-state index is 0.182. The molecular weight excluding hydrogens is 216 g/mol. The maximum absolute atomic E-state index is 7.21. The quantitative estimate of drug-likeness (QED) is 0.600. The van der Waals surface area contributed by atoms with Gasteiger partial charge in [0, 0.05) is 18.9 Å². The van der Waals surface area contributed by atoms with Gasteiger partial charge in [0.2, 0.25) is 0 Å². The minimum atomic E-state index is 0.182. The first-order chi connectivity index (χ1) is 8.24. The van der Waals surface area contributed by atoms with Gasteiger partial charge in [-0.25, -0.2) is 0 Å². The molecule has 1 fully saturated rings. The van der Waals surface area contributed by atoms with Crippen molar-refractivity contribution in [3.63, 3.8) is 0 Å². The van der Waals surface area contributed by atoms with E-state index in [1.807, 2.05) is 24.3 Å². The molecule has 1 saturated heterocycles. The molecule has 2 rings (SSSR count). The average molecular weight is 234 g/mol. The number of rotatable bonds is 5. The summed E-state index contributed by atoms with van der Waals surface area (Å²) in [6.45, 7) is 2.38. The SMILES string of the molecule is N=C(N)Cc1ccc(OCC2CCOC2)cc1. The fourth-order valence-corrected chi connectivity index (χ4v) is 1.85. The van der Waals surface area contributed by atoms with Crippen LogP contribution in [0.3, 0.4) is 0 Å². The molecule has 1 aromatic rings. The van der Waals surface area contributed by atoms with Crippen LogP contribution in [0, 0.1) is 11.3 Å². The Hall–Kier alpha value is -1.55. The Kier molecular flexibility index (Phi) is 3.98. The van der Waals surface area contributed by atoms with Crippen molar-refractivity contribution in [1.29, 1.82) is 5.41 Å². The zero-order valence-electron chi connectivity index (χ0n) is 9.82. The van der Waals surface area contributed by atoms with Gasteiger partial charge < -0.3 is 15.2 Å². The van der Waals surface area contributed by atoms with Crippen LogP contribution < -0.4 is 10.5 Å². The van der Waals surface area contributed by atoms with Crippen molar-refractivity contribution in [1.82, 2.24) is 0 Å². The molecule has 1 aliphatic heterocycles. The zero-order valence-corrected chi connectivity index (χ0v) is 9.82. The third kappa shape index (κ3) is 3.75. The van der Waals surface area contributed by atoms with Gasteiger partial charge >= 0.3 is 0 Å². The largest absolute Gasteiger partial charge is 0.493 e. The van der Waals surface area contributed by atoms with Crippen molar-refractivity contribution >= 4 is 5.84 Å². The summed E-state index contributed by atoms with van der Waals surface area (Å²) in [5.74, 6) is 1.57. The van der Waals surface area contributed by atoms with Gasteiger partial charge in [-0.05, 0) is 24.1 Å². The Morgan fingerprint density at radius 1 is 1.41 bits per heavy atom. The van der Waals surface area contributed by atoms with E-state index in [2.05, 4.69) is 0 Å². The van der Waals surface area contributed by atoms with E-state index in [-0.39, 0.29) is 5.84 Å². The molecule has 1 unspecified atom stereocenters. The molecule has 1 atom stereocenters. The fourth-order valence-electron chi connectivity index (χ4n) is 1.85. The summed E-state index contributed by atoms with van der Waals surface area (Å²) < 4.78 is 11.0. The van der Waals surface area contributed by atoms with Crippen molar-refractivity contribution in [2.24, 2.45) is 11.7 Å². The highest BCUT2D eigenvalue weighted by Gasteiger charge is 2.15. The first-order valence-electron chi connectivity index (χ1n) is 5.86. The molecule has 0 aromatic heterocycles. The number of hydrogen-bond acceptors (Lipinski definition) is 3. The van der Waals surface area contributed by atoms with Gasteiger partial charge in [-0.1, -0.05) is 12.1 Å². The summed E-state index contributed by atoms with van der Waals surface area (Å²) in [6, 6.07) is 7.74. The maximum atomic E-state index is 7.21. The van der Waals surface area contributed by atoms with Crippen LogP contribution in [-0.4, -0.2) is 25.7 Å². The molecule has 17 heavy (non-hydrogen) atoms. The van der Waals surface area contributed by atoms with E-state index in [9.17, 15) is 0 Å². The molecule has 4 heteroatoms. The Balaban J connectivity index is 1.82. The monoisotopic (exact) mass is 234 g/mol. The molecule has 0 radical (unpaired) electrons. The number of nitrogens with two attached hydrogens (primary N) is 1. The summed E-state index contributed by atoms with van der Waals surface area (Å²) in [5, 5.41) is 7.21. The average Bonchev–Trinajstić information content (AvgIpc) is 2.80. The van der Waals surface area contributed by atoms with Gasteiger partial charge in [-0.3, -0.25) is 5.41 Å². The number of amidine groups is 1. The normalized spacial score (nSPS) is 19.2. The summed E-state index contributed by atoms with van der Waals surface area (Å²) >= 11 is 0. The summed E-state index contributed by atoms with van der Waals surface area (Å²) in [6.07, 6.45) is 1.58. The van der Waals surface area contributed by atoms with Crippen LogP contribution in [0.2, 0.25) is 0 Å². The predicted octanol–water partition coefficient (Wildman–Crippen LogP) is 1.58. The van der Waals surface area contributed by atoms with Gasteiger partial charge in [0.15, 0.2) is 0 Å². The molecule has 92 valence electrons. The van der Waals surface area contributed by atoms with Crippen molar-refractivity contribution < 1.29 is 9.47 Å². The van der Waals surface area contributed by atoms with Crippen LogP contribution in [0.25, 0.3) is 0 Å². The number of nitrogens with one attached hydrogen (secondary N) is 1. The third-order valence-corrected chi connectivity index (χ3v) is 2.83. The maximum Gasteiger partial charge on any atom is 0.119 e. The second kappa shape index (κ2) is 5.68. The Morgan fingerprint density at radius 3 is 2.76 bits per heavy atom. The Labute approximate surface area is 101 Å². The summed E-state index contributed by atoms with van der Waals surface area (Å²) in [5.41, 5.74) is 6.38. The van der Waals surface area contributed by atoms with Crippen molar-refractivity contribution in [2.45, 2.75) is 12.8 Å². The van der Waals surface area contributed by atoms with E-state index >= 15 is 0 Å². The molecule has 3 N–H and O–H groups in total. The van der Waals surface area contributed by atoms with E-state index in [0.29, 0.717) is 18.9 Å². The molecule has 1 heterocycles. The van der Waals surface area contributed by atoms with Gasteiger partial charge in [-0.15, -0.1) is 0 Å². The molecule has 0 amide bonds. The molecule has 1 aliphatic rings. The Bertz CT molecular complexity index is 370. The van der Waals surface area contributed by atoms with Crippen LogP contribution in [0.15, 0.2) is 24.3 Å². The van der Waals surface area contributed by atoms with E-state index in [0.717, 1.165) is 30.9 Å². The second-order valence-electron chi connectivity index (χ2n) is 4.39. The van der Waals surface area contributed by atoms with E-state index in [4.69, 9.17) is 20.6 Å². The lowest BCUT2D eigenvalue weighted by Gasteiger charge is -2.10. The van der Waals surface area contributed by atoms with Crippen LogP contribution in [0.5, 0.6) is 5.75 Å². The van der Waals surface area contributed by atoms with Crippen molar-refractivity contribution in [2.75, 3.05) is 19.8 Å². The zero-order chi connectivity index (χ0) is 12.1. The van der Waals surface area contributed by atoms with Gasteiger partial charge in [0.05, 0.1) is 19.0 Å². The van der Waals surface area contributed by atoms with Crippen LogP contribution in [-0.2, 0) is 11.2 Å². The lowest BCUT2D eigenvalue weighted by molar-refractivity contribution is 0.167. The molecule has 0 aliphatic carbocycles. The standard InChI is InChI=1S/C13H18N2O2/c14-13(15)7-10-1-3-12(4-2-10)17-9-11-5-6-16-8-11/h1-4,11H,5-9H2,(H3,14,15). The van der Waals surface area contributed by atoms with Crippen molar-refractivity contribution in [3.05, 3.63) is 29.8 Å². The number of hydrogen-bond donors (Lipinski definition) is 2. The lowest BCUT2D eigenvalue weighted by atomic mass is 10.1. The smallest absolute Gasteiger partial charge is 0.119 e. The lowest BCUT2D eigenvalue weighted by Crippen LogP contribution is -2.13. The topological polar surface area (TPSA) is 68.3 Å². The number of ether oxygens (including phenoxy) is 2. The summed E-state index contributed by atoms with van der Waals surface area (Å²) in [7, 11) is 0. The number of benzene rings is 1. The predicted molar refractivity (Wildman–Crippen MR) is 66.5 cm³/mol. The third-order valence-electron chi connectivity index (χ3n) is 2.83. The van der Waals surface area contributed by atoms with Crippen LogP contribution >= 0.6 is 0 Å². The first-order valence-corrected chi connectivity index (χ1v) is 5.86. The molecule has 4 nitrogen and oxygen atoms in total. The van der Waals surface area contributed by atoms with Crippen LogP contribution in [0.1, 0.15) is 12.0 Å². The highest BCUT2D eigenvalue weighted by molar-refractivity contribution is 5.79. The molecule has 1 aromatic carbocycles. The van der Waals surface area contributed by atoms with Crippen molar-refractivity contribution in [3.8, 4) is 5.75 Å². The molecule has 0 bridgehead atoms. The van der Waals surface area contributed by atoms with E-state index < -0.39 is 0 Å². The highest BCUT2D eigenvalue weighted by Crippen LogP contribution is 2.17. The molecule has 0 saturated carbocycles. The van der Waals surface area contributed by atoms with E-state index in [1.54, 1.807) is 0 Å². The van der Waals surface area contributed by atoms with Gasteiger partial charge in [-0.2, -0.15) is 0 Å². The van der Waals surface area contributed by atoms with E-state index in [1.165, 1.54) is 0 Å². The molecular formula is C13H18N2O2.